The van der Waals surface area contributed by atoms with Gasteiger partial charge in [0.15, 0.2) is 5.69 Å². The lowest BCUT2D eigenvalue weighted by atomic mass is 10.1. The van der Waals surface area contributed by atoms with Gasteiger partial charge in [-0.15, -0.1) is 0 Å². The molecule has 1 unspecified atom stereocenters. The molecule has 3 rings (SSSR count). The summed E-state index contributed by atoms with van der Waals surface area (Å²) in [5.74, 6) is -1.84. The van der Waals surface area contributed by atoms with E-state index >= 15 is 0 Å². The molecule has 1 aromatic carbocycles. The molecule has 7 nitrogen and oxygen atoms in total. The van der Waals surface area contributed by atoms with Crippen LogP contribution >= 0.6 is 0 Å². The minimum absolute atomic E-state index is 0.135. The summed E-state index contributed by atoms with van der Waals surface area (Å²) in [4.78, 5) is 25.0. The van der Waals surface area contributed by atoms with Gasteiger partial charge in [0, 0.05) is 12.7 Å². The molecule has 2 aromatic rings. The highest BCUT2D eigenvalue weighted by molar-refractivity contribution is 5.92. The number of aliphatic carboxylic acids is 1. The van der Waals surface area contributed by atoms with Crippen molar-refractivity contribution in [1.29, 1.82) is 0 Å². The van der Waals surface area contributed by atoms with Crippen LogP contribution in [0.4, 0.5) is 4.39 Å². The van der Waals surface area contributed by atoms with Crippen molar-refractivity contribution in [3.05, 3.63) is 48.0 Å². The van der Waals surface area contributed by atoms with Crippen molar-refractivity contribution < 1.29 is 23.8 Å². The van der Waals surface area contributed by atoms with Crippen LogP contribution in [0, 0.1) is 5.82 Å². The zero-order chi connectivity index (χ0) is 17.1. The molecule has 1 N–H and O–H groups in total. The Morgan fingerprint density at radius 3 is 2.88 bits per heavy atom. The van der Waals surface area contributed by atoms with Crippen LogP contribution in [0.3, 0.4) is 0 Å². The van der Waals surface area contributed by atoms with Gasteiger partial charge < -0.3 is 14.7 Å². The zero-order valence-corrected chi connectivity index (χ0v) is 12.8. The Morgan fingerprint density at radius 1 is 1.33 bits per heavy atom. The van der Waals surface area contributed by atoms with Crippen molar-refractivity contribution in [3.63, 3.8) is 0 Å². The van der Waals surface area contributed by atoms with Gasteiger partial charge in [0.1, 0.15) is 11.5 Å². The Morgan fingerprint density at radius 2 is 2.12 bits per heavy atom. The first-order valence-electron chi connectivity index (χ1n) is 7.47. The number of aromatic nitrogens is 2. The summed E-state index contributed by atoms with van der Waals surface area (Å²) in [7, 11) is 0. The van der Waals surface area contributed by atoms with Crippen LogP contribution in [0.15, 0.2) is 36.5 Å². The predicted octanol–water partition coefficient (Wildman–Crippen LogP) is 1.33. The zero-order valence-electron chi connectivity index (χ0n) is 12.8. The molecule has 1 aromatic heterocycles. The monoisotopic (exact) mass is 333 g/mol. The molecule has 1 aliphatic rings. The Kier molecular flexibility index (Phi) is 4.57. The highest BCUT2D eigenvalue weighted by atomic mass is 19.1. The molecular formula is C16H16FN3O4. The minimum Gasteiger partial charge on any atom is -0.481 e. The quantitative estimate of drug-likeness (QED) is 0.912. The molecule has 1 amide bonds. The van der Waals surface area contributed by atoms with E-state index in [1.165, 1.54) is 27.9 Å². The smallest absolute Gasteiger partial charge is 0.305 e. The first-order valence-corrected chi connectivity index (χ1v) is 7.47. The number of amides is 1. The number of rotatable bonds is 4. The van der Waals surface area contributed by atoms with Crippen molar-refractivity contribution in [2.75, 3.05) is 19.8 Å². The molecule has 0 aliphatic carbocycles. The van der Waals surface area contributed by atoms with Gasteiger partial charge in [0.2, 0.25) is 0 Å². The second-order valence-electron chi connectivity index (χ2n) is 5.42. The third-order valence-electron chi connectivity index (χ3n) is 3.81. The molecule has 24 heavy (non-hydrogen) atoms. The van der Waals surface area contributed by atoms with Gasteiger partial charge >= 0.3 is 5.97 Å². The van der Waals surface area contributed by atoms with E-state index in [0.717, 1.165) is 0 Å². The largest absolute Gasteiger partial charge is 0.481 e. The molecule has 1 atom stereocenters. The van der Waals surface area contributed by atoms with Gasteiger partial charge in [-0.3, -0.25) is 9.59 Å². The number of benzene rings is 1. The topological polar surface area (TPSA) is 84.7 Å². The number of morpholine rings is 1. The van der Waals surface area contributed by atoms with Gasteiger partial charge in [-0.1, -0.05) is 12.1 Å². The molecule has 1 aliphatic heterocycles. The summed E-state index contributed by atoms with van der Waals surface area (Å²) in [6.07, 6.45) is 1.30. The first kappa shape index (κ1) is 16.1. The minimum atomic E-state index is -1.000. The third-order valence-corrected chi connectivity index (χ3v) is 3.81. The molecule has 0 spiro atoms. The van der Waals surface area contributed by atoms with Crippen molar-refractivity contribution in [3.8, 4) is 5.69 Å². The van der Waals surface area contributed by atoms with E-state index in [0.29, 0.717) is 13.2 Å². The van der Waals surface area contributed by atoms with Crippen molar-refractivity contribution in [2.24, 2.45) is 0 Å². The number of hydrogen-bond acceptors (Lipinski definition) is 4. The summed E-state index contributed by atoms with van der Waals surface area (Å²) < 4.78 is 20.4. The second kappa shape index (κ2) is 6.79. The van der Waals surface area contributed by atoms with E-state index in [4.69, 9.17) is 9.84 Å². The van der Waals surface area contributed by atoms with Crippen LogP contribution in [0.25, 0.3) is 5.69 Å². The number of halogens is 1. The maximum absolute atomic E-state index is 13.8. The van der Waals surface area contributed by atoms with E-state index in [-0.39, 0.29) is 30.3 Å². The average molecular weight is 333 g/mol. The van der Waals surface area contributed by atoms with Gasteiger partial charge in [-0.05, 0) is 18.2 Å². The Bertz CT molecular complexity index is 761. The van der Waals surface area contributed by atoms with Crippen molar-refractivity contribution >= 4 is 11.9 Å². The van der Waals surface area contributed by atoms with Crippen LogP contribution in [-0.4, -0.2) is 57.5 Å². The fourth-order valence-corrected chi connectivity index (χ4v) is 2.65. The van der Waals surface area contributed by atoms with E-state index in [9.17, 15) is 14.0 Å². The van der Waals surface area contributed by atoms with Crippen molar-refractivity contribution in [1.82, 2.24) is 14.7 Å². The summed E-state index contributed by atoms with van der Waals surface area (Å²) in [6.45, 7) is 0.811. The van der Waals surface area contributed by atoms with Gasteiger partial charge in [-0.2, -0.15) is 5.10 Å². The van der Waals surface area contributed by atoms with Gasteiger partial charge in [0.25, 0.3) is 5.91 Å². The molecule has 1 fully saturated rings. The Labute approximate surface area is 137 Å². The molecule has 126 valence electrons. The predicted molar refractivity (Wildman–Crippen MR) is 81.4 cm³/mol. The number of carboxylic acid groups (broad SMARTS) is 1. The number of carboxylic acids is 1. The number of carbonyl (C=O) groups is 2. The van der Waals surface area contributed by atoms with Crippen LogP contribution in [0.1, 0.15) is 16.9 Å². The lowest BCUT2D eigenvalue weighted by Crippen LogP contribution is -2.49. The molecule has 8 heteroatoms. The normalized spacial score (nSPS) is 17.7. The molecule has 0 radical (unpaired) electrons. The second-order valence-corrected chi connectivity index (χ2v) is 5.42. The molecule has 0 saturated carbocycles. The van der Waals surface area contributed by atoms with Crippen LogP contribution in [-0.2, 0) is 9.53 Å². The summed E-state index contributed by atoms with van der Waals surface area (Å²) in [5.41, 5.74) is 0.371. The maximum atomic E-state index is 13.8. The fourth-order valence-electron chi connectivity index (χ4n) is 2.65. The van der Waals surface area contributed by atoms with Crippen LogP contribution in [0.5, 0.6) is 0 Å². The highest BCUT2D eigenvalue weighted by Crippen LogP contribution is 2.16. The third kappa shape index (κ3) is 3.28. The van der Waals surface area contributed by atoms with E-state index in [1.807, 2.05) is 0 Å². The SMILES string of the molecule is O=C(O)CC1COCCN1C(=O)c1ccn(-c2ccccc2F)n1. The lowest BCUT2D eigenvalue weighted by molar-refractivity contribution is -0.139. The van der Waals surface area contributed by atoms with Gasteiger partial charge in [0.05, 0.1) is 25.7 Å². The molecule has 2 heterocycles. The van der Waals surface area contributed by atoms with Gasteiger partial charge in [-0.25, -0.2) is 9.07 Å². The highest BCUT2D eigenvalue weighted by Gasteiger charge is 2.31. The Balaban J connectivity index is 1.82. The molecular weight excluding hydrogens is 317 g/mol. The van der Waals surface area contributed by atoms with Crippen LogP contribution in [0.2, 0.25) is 0 Å². The van der Waals surface area contributed by atoms with Crippen LogP contribution < -0.4 is 0 Å². The summed E-state index contributed by atoms with van der Waals surface area (Å²) in [6, 6.07) is 7.05. The standard InChI is InChI=1S/C16H16FN3O4/c17-12-3-1-2-4-14(12)20-6-5-13(18-20)16(23)19-7-8-24-10-11(19)9-15(21)22/h1-6,11H,7-10H2,(H,21,22). The lowest BCUT2D eigenvalue weighted by Gasteiger charge is -2.34. The average Bonchev–Trinajstić information content (AvgIpc) is 3.04. The van der Waals surface area contributed by atoms with E-state index in [2.05, 4.69) is 5.10 Å². The number of ether oxygens (including phenoxy) is 1. The van der Waals surface area contributed by atoms with E-state index in [1.54, 1.807) is 18.2 Å². The van der Waals surface area contributed by atoms with E-state index < -0.39 is 17.8 Å². The Hall–Kier alpha value is -2.74. The first-order chi connectivity index (χ1) is 11.6. The van der Waals surface area contributed by atoms with Crippen molar-refractivity contribution in [2.45, 2.75) is 12.5 Å². The molecule has 0 bridgehead atoms. The summed E-state index contributed by atoms with van der Waals surface area (Å²) in [5, 5.41) is 13.1. The molecule has 1 saturated heterocycles. The maximum Gasteiger partial charge on any atom is 0.305 e. The number of hydrogen-bond donors (Lipinski definition) is 1. The summed E-state index contributed by atoms with van der Waals surface area (Å²) >= 11 is 0. The number of nitrogens with zero attached hydrogens (tertiary/aromatic N) is 3. The number of para-hydroxylation sites is 1. The number of carbonyl (C=O) groups excluding carboxylic acids is 1. The fraction of sp³-hybridized carbons (Fsp3) is 0.312.